The largest absolute Gasteiger partial charge is 0.385 e. The van der Waals surface area contributed by atoms with Crippen LogP contribution in [0.3, 0.4) is 0 Å². The molecule has 0 aromatic carbocycles. The van der Waals surface area contributed by atoms with E-state index in [1.165, 1.54) is 25.7 Å². The van der Waals surface area contributed by atoms with Gasteiger partial charge in [-0.1, -0.05) is 19.8 Å². The molecule has 2 rings (SSSR count). The van der Waals surface area contributed by atoms with Gasteiger partial charge in [-0.2, -0.15) is 0 Å². The van der Waals surface area contributed by atoms with Crippen molar-refractivity contribution in [3.8, 4) is 0 Å². The maximum absolute atomic E-state index is 12.3. The first-order valence-corrected chi connectivity index (χ1v) is 7.33. The second-order valence-corrected chi connectivity index (χ2v) is 5.49. The first kappa shape index (κ1) is 13.8. The number of carbonyl (C=O) groups is 1. The average Bonchev–Trinajstić information content (AvgIpc) is 2.99. The van der Waals surface area contributed by atoms with Gasteiger partial charge in [0.2, 0.25) is 5.91 Å². The van der Waals surface area contributed by atoms with Crippen molar-refractivity contribution in [2.24, 2.45) is 5.92 Å². The number of nitrogens with one attached hydrogen (secondary N) is 1. The van der Waals surface area contributed by atoms with E-state index in [0.717, 1.165) is 26.0 Å². The van der Waals surface area contributed by atoms with Crippen LogP contribution in [-0.4, -0.2) is 43.3 Å². The molecule has 0 radical (unpaired) electrons. The lowest BCUT2D eigenvalue weighted by atomic mass is 10.0. The number of hydrogen-bond acceptors (Lipinski definition) is 3. The lowest BCUT2D eigenvalue weighted by molar-refractivity contribution is -0.130. The maximum atomic E-state index is 12.3. The zero-order valence-corrected chi connectivity index (χ0v) is 11.7. The molecule has 0 bridgehead atoms. The second kappa shape index (κ2) is 6.53. The summed E-state index contributed by atoms with van der Waals surface area (Å²) in [6, 6.07) is 0.0399. The van der Waals surface area contributed by atoms with Crippen LogP contribution in [-0.2, 0) is 9.53 Å². The number of rotatable bonds is 6. The summed E-state index contributed by atoms with van der Waals surface area (Å²) >= 11 is 0. The smallest absolute Gasteiger partial charge is 0.241 e. The van der Waals surface area contributed by atoms with E-state index in [2.05, 4.69) is 17.1 Å². The standard InChI is InChI=1S/C14H26N2O2/c1-3-12-14(17)16(9-6-10-18-2)13(15-12)11-7-4-5-8-11/h11-13,15H,3-10H2,1-2H3. The molecule has 4 heteroatoms. The maximum Gasteiger partial charge on any atom is 0.241 e. The number of amides is 1. The predicted octanol–water partition coefficient (Wildman–Crippen LogP) is 1.75. The van der Waals surface area contributed by atoms with E-state index >= 15 is 0 Å². The Morgan fingerprint density at radius 3 is 2.72 bits per heavy atom. The Balaban J connectivity index is 1.97. The van der Waals surface area contributed by atoms with Gasteiger partial charge in [0.25, 0.3) is 0 Å². The summed E-state index contributed by atoms with van der Waals surface area (Å²) in [5, 5.41) is 3.54. The van der Waals surface area contributed by atoms with Crippen LogP contribution in [0.5, 0.6) is 0 Å². The Hall–Kier alpha value is -0.610. The molecule has 0 aromatic heterocycles. The van der Waals surface area contributed by atoms with Crippen molar-refractivity contribution in [3.05, 3.63) is 0 Å². The highest BCUT2D eigenvalue weighted by molar-refractivity contribution is 5.84. The summed E-state index contributed by atoms with van der Waals surface area (Å²) in [5.41, 5.74) is 0. The molecule has 1 aliphatic heterocycles. The van der Waals surface area contributed by atoms with Crippen LogP contribution in [0.2, 0.25) is 0 Å². The third-order valence-corrected chi connectivity index (χ3v) is 4.29. The average molecular weight is 254 g/mol. The summed E-state index contributed by atoms with van der Waals surface area (Å²) < 4.78 is 5.09. The lowest BCUT2D eigenvalue weighted by Gasteiger charge is -2.29. The van der Waals surface area contributed by atoms with Crippen LogP contribution in [0.25, 0.3) is 0 Å². The quantitative estimate of drug-likeness (QED) is 0.734. The van der Waals surface area contributed by atoms with Gasteiger partial charge < -0.3 is 9.64 Å². The van der Waals surface area contributed by atoms with Crippen LogP contribution >= 0.6 is 0 Å². The molecule has 1 N–H and O–H groups in total. The highest BCUT2D eigenvalue weighted by Crippen LogP contribution is 2.32. The second-order valence-electron chi connectivity index (χ2n) is 5.49. The van der Waals surface area contributed by atoms with E-state index in [-0.39, 0.29) is 12.2 Å². The van der Waals surface area contributed by atoms with Gasteiger partial charge in [0.15, 0.2) is 0 Å². The molecule has 1 aliphatic carbocycles. The molecular formula is C14H26N2O2. The molecule has 0 spiro atoms. The third kappa shape index (κ3) is 2.86. The minimum atomic E-state index is 0.0399. The number of nitrogens with zero attached hydrogens (tertiary/aromatic N) is 1. The molecule has 2 atom stereocenters. The molecule has 18 heavy (non-hydrogen) atoms. The molecule has 2 fully saturated rings. The Kier molecular flexibility index (Phi) is 5.01. The Bertz CT molecular complexity index is 277. The molecule has 2 aliphatic rings. The van der Waals surface area contributed by atoms with Gasteiger partial charge in [0.05, 0.1) is 12.2 Å². The fourth-order valence-electron chi connectivity index (χ4n) is 3.29. The molecule has 0 aromatic rings. The van der Waals surface area contributed by atoms with Crippen molar-refractivity contribution < 1.29 is 9.53 Å². The van der Waals surface area contributed by atoms with Crippen molar-refractivity contribution in [2.45, 2.75) is 57.7 Å². The van der Waals surface area contributed by atoms with Crippen LogP contribution in [0.15, 0.2) is 0 Å². The zero-order valence-electron chi connectivity index (χ0n) is 11.7. The molecule has 1 saturated carbocycles. The van der Waals surface area contributed by atoms with E-state index in [1.807, 2.05) is 0 Å². The number of methoxy groups -OCH3 is 1. The first-order chi connectivity index (χ1) is 8.77. The summed E-state index contributed by atoms with van der Waals surface area (Å²) in [7, 11) is 1.72. The van der Waals surface area contributed by atoms with Gasteiger partial charge in [-0.25, -0.2) is 0 Å². The van der Waals surface area contributed by atoms with Crippen molar-refractivity contribution in [1.82, 2.24) is 10.2 Å². The van der Waals surface area contributed by atoms with Gasteiger partial charge in [0, 0.05) is 20.3 Å². The Labute approximate surface area is 110 Å². The van der Waals surface area contributed by atoms with E-state index in [9.17, 15) is 4.79 Å². The molecule has 2 unspecified atom stereocenters. The van der Waals surface area contributed by atoms with Crippen molar-refractivity contribution in [1.29, 1.82) is 0 Å². The van der Waals surface area contributed by atoms with E-state index in [0.29, 0.717) is 11.8 Å². The molecule has 1 saturated heterocycles. The van der Waals surface area contributed by atoms with Gasteiger partial charge >= 0.3 is 0 Å². The first-order valence-electron chi connectivity index (χ1n) is 7.33. The third-order valence-electron chi connectivity index (χ3n) is 4.29. The van der Waals surface area contributed by atoms with Gasteiger partial charge in [-0.15, -0.1) is 0 Å². The highest BCUT2D eigenvalue weighted by Gasteiger charge is 2.41. The predicted molar refractivity (Wildman–Crippen MR) is 71.2 cm³/mol. The van der Waals surface area contributed by atoms with Crippen molar-refractivity contribution in [2.75, 3.05) is 20.3 Å². The van der Waals surface area contributed by atoms with Crippen molar-refractivity contribution >= 4 is 5.91 Å². The molecule has 104 valence electrons. The minimum Gasteiger partial charge on any atom is -0.385 e. The van der Waals surface area contributed by atoms with E-state index in [1.54, 1.807) is 7.11 Å². The topological polar surface area (TPSA) is 41.6 Å². The van der Waals surface area contributed by atoms with Crippen LogP contribution in [0.1, 0.15) is 45.4 Å². The van der Waals surface area contributed by atoms with E-state index < -0.39 is 0 Å². The Morgan fingerprint density at radius 2 is 2.11 bits per heavy atom. The summed E-state index contributed by atoms with van der Waals surface area (Å²) in [5.74, 6) is 0.957. The number of hydrogen-bond donors (Lipinski definition) is 1. The number of carbonyl (C=O) groups excluding carboxylic acids is 1. The molecule has 4 nitrogen and oxygen atoms in total. The van der Waals surface area contributed by atoms with Gasteiger partial charge in [0.1, 0.15) is 0 Å². The van der Waals surface area contributed by atoms with Crippen molar-refractivity contribution in [3.63, 3.8) is 0 Å². The lowest BCUT2D eigenvalue weighted by Crippen LogP contribution is -2.43. The normalized spacial score (nSPS) is 29.4. The zero-order chi connectivity index (χ0) is 13.0. The minimum absolute atomic E-state index is 0.0399. The molecule has 1 amide bonds. The van der Waals surface area contributed by atoms with Crippen LogP contribution in [0.4, 0.5) is 0 Å². The van der Waals surface area contributed by atoms with Crippen LogP contribution < -0.4 is 5.32 Å². The summed E-state index contributed by atoms with van der Waals surface area (Å²) in [6.07, 6.45) is 7.28. The summed E-state index contributed by atoms with van der Waals surface area (Å²) in [6.45, 7) is 3.65. The number of ether oxygens (including phenoxy) is 1. The molecular weight excluding hydrogens is 228 g/mol. The van der Waals surface area contributed by atoms with Gasteiger partial charge in [-0.05, 0) is 31.6 Å². The summed E-state index contributed by atoms with van der Waals surface area (Å²) in [4.78, 5) is 14.4. The fourth-order valence-corrected chi connectivity index (χ4v) is 3.29. The monoisotopic (exact) mass is 254 g/mol. The fraction of sp³-hybridized carbons (Fsp3) is 0.929. The molecule has 1 heterocycles. The van der Waals surface area contributed by atoms with Gasteiger partial charge in [-0.3, -0.25) is 10.1 Å². The highest BCUT2D eigenvalue weighted by atomic mass is 16.5. The van der Waals surface area contributed by atoms with Crippen LogP contribution in [0, 0.1) is 5.92 Å². The van der Waals surface area contributed by atoms with E-state index in [4.69, 9.17) is 4.74 Å². The SMILES string of the molecule is CCC1NC(C2CCCC2)N(CCCOC)C1=O. The Morgan fingerprint density at radius 1 is 1.39 bits per heavy atom.